The number of rotatable bonds is 1. The first-order valence-corrected chi connectivity index (χ1v) is 4.03. The molecule has 1 saturated heterocycles. The molecule has 58 valence electrons. The fourth-order valence-corrected chi connectivity index (χ4v) is 2.65. The summed E-state index contributed by atoms with van der Waals surface area (Å²) in [7, 11) is 2.16. The van der Waals surface area contributed by atoms with Crippen molar-refractivity contribution in [2.75, 3.05) is 26.7 Å². The summed E-state index contributed by atoms with van der Waals surface area (Å²) in [6, 6.07) is 0. The van der Waals surface area contributed by atoms with Gasteiger partial charge in [-0.3, -0.25) is 0 Å². The lowest BCUT2D eigenvalue weighted by Crippen LogP contribution is -2.61. The van der Waals surface area contributed by atoms with Crippen molar-refractivity contribution in [1.82, 2.24) is 4.90 Å². The Kier molecular flexibility index (Phi) is 1.29. The molecule has 2 heteroatoms. The van der Waals surface area contributed by atoms with Gasteiger partial charge in [0.15, 0.2) is 0 Å². The molecule has 1 aliphatic heterocycles. The Balaban J connectivity index is 1.80. The third-order valence-electron chi connectivity index (χ3n) is 2.91. The lowest BCUT2D eigenvalue weighted by Gasteiger charge is -2.58. The predicted molar refractivity (Wildman–Crippen MR) is 39.7 cm³/mol. The van der Waals surface area contributed by atoms with Crippen molar-refractivity contribution < 1.29 is 5.11 Å². The van der Waals surface area contributed by atoms with Crippen LogP contribution in [0.3, 0.4) is 0 Å². The molecule has 1 saturated carbocycles. The van der Waals surface area contributed by atoms with Crippen LogP contribution < -0.4 is 0 Å². The standard InChI is InChI=1S/C8H15NO/c1-9-5-8(6-9)2-7(3-8)4-10/h7,10H,2-6H2,1H3. The minimum Gasteiger partial charge on any atom is -0.396 e. The van der Waals surface area contributed by atoms with Gasteiger partial charge < -0.3 is 10.0 Å². The summed E-state index contributed by atoms with van der Waals surface area (Å²) < 4.78 is 0. The number of hydrogen-bond acceptors (Lipinski definition) is 2. The molecule has 10 heavy (non-hydrogen) atoms. The van der Waals surface area contributed by atoms with E-state index in [2.05, 4.69) is 11.9 Å². The maximum Gasteiger partial charge on any atom is 0.0459 e. The van der Waals surface area contributed by atoms with Crippen LogP contribution in [0.5, 0.6) is 0 Å². The summed E-state index contributed by atoms with van der Waals surface area (Å²) >= 11 is 0. The van der Waals surface area contributed by atoms with E-state index >= 15 is 0 Å². The van der Waals surface area contributed by atoms with E-state index in [1.807, 2.05) is 0 Å². The zero-order valence-corrected chi connectivity index (χ0v) is 6.51. The number of likely N-dealkylation sites (tertiary alicyclic amines) is 1. The normalized spacial score (nSPS) is 31.8. The highest BCUT2D eigenvalue weighted by molar-refractivity contribution is 5.02. The van der Waals surface area contributed by atoms with Gasteiger partial charge in [-0.15, -0.1) is 0 Å². The van der Waals surface area contributed by atoms with Gasteiger partial charge in [-0.2, -0.15) is 0 Å². The van der Waals surface area contributed by atoms with Crippen LogP contribution in [0, 0.1) is 11.3 Å². The molecule has 1 spiro atoms. The van der Waals surface area contributed by atoms with Crippen LogP contribution >= 0.6 is 0 Å². The number of nitrogens with zero attached hydrogens (tertiary/aromatic N) is 1. The van der Waals surface area contributed by atoms with Crippen LogP contribution in [0.15, 0.2) is 0 Å². The zero-order valence-electron chi connectivity index (χ0n) is 6.51. The van der Waals surface area contributed by atoms with Crippen LogP contribution in [0.4, 0.5) is 0 Å². The van der Waals surface area contributed by atoms with Crippen molar-refractivity contribution in [3.63, 3.8) is 0 Å². The van der Waals surface area contributed by atoms with Crippen molar-refractivity contribution >= 4 is 0 Å². The number of aliphatic hydroxyl groups excluding tert-OH is 1. The molecule has 2 aliphatic rings. The van der Waals surface area contributed by atoms with Gasteiger partial charge in [0.05, 0.1) is 0 Å². The first-order chi connectivity index (χ1) is 4.74. The summed E-state index contributed by atoms with van der Waals surface area (Å²) in [6.07, 6.45) is 2.54. The first kappa shape index (κ1) is 6.62. The van der Waals surface area contributed by atoms with Crippen LogP contribution in [0.25, 0.3) is 0 Å². The molecule has 0 unspecified atom stereocenters. The van der Waals surface area contributed by atoms with Gasteiger partial charge in [0.25, 0.3) is 0 Å². The highest BCUT2D eigenvalue weighted by Gasteiger charge is 2.50. The van der Waals surface area contributed by atoms with E-state index in [0.717, 1.165) is 0 Å². The fourth-order valence-electron chi connectivity index (χ4n) is 2.65. The Labute approximate surface area is 61.8 Å². The Morgan fingerprint density at radius 3 is 2.50 bits per heavy atom. The molecule has 1 heterocycles. The summed E-state index contributed by atoms with van der Waals surface area (Å²) in [5.41, 5.74) is 0.655. The van der Waals surface area contributed by atoms with Crippen LogP contribution in [-0.2, 0) is 0 Å². The molecule has 0 atom stereocenters. The Bertz CT molecular complexity index is 132. The SMILES string of the molecule is CN1CC2(CC(CO)C2)C1. The van der Waals surface area contributed by atoms with E-state index in [0.29, 0.717) is 17.9 Å². The maximum absolute atomic E-state index is 8.79. The van der Waals surface area contributed by atoms with Gasteiger partial charge in [0, 0.05) is 19.7 Å². The van der Waals surface area contributed by atoms with Crippen molar-refractivity contribution in [1.29, 1.82) is 0 Å². The second-order valence-corrected chi connectivity index (χ2v) is 4.13. The Morgan fingerprint density at radius 2 is 2.10 bits per heavy atom. The molecule has 1 aliphatic carbocycles. The molecule has 1 N–H and O–H groups in total. The van der Waals surface area contributed by atoms with E-state index in [-0.39, 0.29) is 0 Å². The van der Waals surface area contributed by atoms with Gasteiger partial charge in [0.2, 0.25) is 0 Å². The molecule has 0 radical (unpaired) electrons. The molecular formula is C8H15NO. The molecule has 0 aromatic heterocycles. The zero-order chi connectivity index (χ0) is 7.19. The average Bonchev–Trinajstić information content (AvgIpc) is 1.74. The molecular weight excluding hydrogens is 126 g/mol. The maximum atomic E-state index is 8.79. The highest BCUT2D eigenvalue weighted by Crippen LogP contribution is 2.50. The number of hydrogen-bond donors (Lipinski definition) is 1. The molecule has 2 nitrogen and oxygen atoms in total. The third-order valence-corrected chi connectivity index (χ3v) is 2.91. The topological polar surface area (TPSA) is 23.5 Å². The van der Waals surface area contributed by atoms with E-state index in [1.54, 1.807) is 0 Å². The van der Waals surface area contributed by atoms with Crippen LogP contribution in [0.1, 0.15) is 12.8 Å². The second-order valence-electron chi connectivity index (χ2n) is 4.13. The quantitative estimate of drug-likeness (QED) is 0.568. The van der Waals surface area contributed by atoms with Crippen LogP contribution in [-0.4, -0.2) is 36.8 Å². The average molecular weight is 141 g/mol. The van der Waals surface area contributed by atoms with E-state index in [4.69, 9.17) is 5.11 Å². The first-order valence-electron chi connectivity index (χ1n) is 4.03. The van der Waals surface area contributed by atoms with Gasteiger partial charge >= 0.3 is 0 Å². The monoisotopic (exact) mass is 141 g/mol. The highest BCUT2D eigenvalue weighted by atomic mass is 16.3. The van der Waals surface area contributed by atoms with Gasteiger partial charge in [-0.1, -0.05) is 0 Å². The summed E-state index contributed by atoms with van der Waals surface area (Å²) in [6.45, 7) is 2.94. The lowest BCUT2D eigenvalue weighted by atomic mass is 9.58. The van der Waals surface area contributed by atoms with E-state index < -0.39 is 0 Å². The predicted octanol–water partition coefficient (Wildman–Crippen LogP) is 0.321. The van der Waals surface area contributed by atoms with Crippen molar-refractivity contribution in [3.8, 4) is 0 Å². The molecule has 0 amide bonds. The molecule has 0 aromatic carbocycles. The van der Waals surface area contributed by atoms with Crippen molar-refractivity contribution in [2.24, 2.45) is 11.3 Å². The Morgan fingerprint density at radius 1 is 1.50 bits per heavy atom. The smallest absolute Gasteiger partial charge is 0.0459 e. The molecule has 0 aromatic rings. The largest absolute Gasteiger partial charge is 0.396 e. The molecule has 2 fully saturated rings. The summed E-state index contributed by atoms with van der Waals surface area (Å²) in [4.78, 5) is 2.35. The minimum absolute atomic E-state index is 0.408. The van der Waals surface area contributed by atoms with Crippen molar-refractivity contribution in [3.05, 3.63) is 0 Å². The van der Waals surface area contributed by atoms with E-state index in [1.165, 1.54) is 25.9 Å². The van der Waals surface area contributed by atoms with Gasteiger partial charge in [-0.25, -0.2) is 0 Å². The minimum atomic E-state index is 0.408. The number of aliphatic hydroxyl groups is 1. The Hall–Kier alpha value is -0.0800. The van der Waals surface area contributed by atoms with Crippen molar-refractivity contribution in [2.45, 2.75) is 12.8 Å². The third kappa shape index (κ3) is 0.789. The van der Waals surface area contributed by atoms with Crippen LogP contribution in [0.2, 0.25) is 0 Å². The van der Waals surface area contributed by atoms with Gasteiger partial charge in [-0.05, 0) is 31.2 Å². The van der Waals surface area contributed by atoms with E-state index in [9.17, 15) is 0 Å². The summed E-state index contributed by atoms with van der Waals surface area (Å²) in [5.74, 6) is 0.633. The fraction of sp³-hybridized carbons (Fsp3) is 1.00. The molecule has 2 rings (SSSR count). The second kappa shape index (κ2) is 1.95. The summed E-state index contributed by atoms with van der Waals surface area (Å²) in [5, 5.41) is 8.79. The molecule has 0 bridgehead atoms. The lowest BCUT2D eigenvalue weighted by molar-refractivity contribution is -0.0940. The van der Waals surface area contributed by atoms with Gasteiger partial charge in [0.1, 0.15) is 0 Å².